The summed E-state index contributed by atoms with van der Waals surface area (Å²) in [5.41, 5.74) is 11.7. The fraction of sp³-hybridized carbons (Fsp3) is 0.106. The van der Waals surface area contributed by atoms with E-state index in [0.717, 1.165) is 42.3 Å². The summed E-state index contributed by atoms with van der Waals surface area (Å²) in [4.78, 5) is 0. The van der Waals surface area contributed by atoms with Gasteiger partial charge < -0.3 is 5.11 Å². The van der Waals surface area contributed by atoms with Crippen LogP contribution < -0.4 is 0 Å². The second-order valence-electron chi connectivity index (χ2n) is 13.1. The van der Waals surface area contributed by atoms with Crippen LogP contribution in [0.1, 0.15) is 52.8 Å². The van der Waals surface area contributed by atoms with E-state index in [1.54, 1.807) is 0 Å². The predicted molar refractivity (Wildman–Crippen MR) is 216 cm³/mol. The van der Waals surface area contributed by atoms with Gasteiger partial charge in [0.2, 0.25) is 0 Å². The second kappa shape index (κ2) is 13.6. The molecule has 1 aliphatic carbocycles. The highest BCUT2D eigenvalue weighted by atomic mass is 79.9. The zero-order chi connectivity index (χ0) is 35.0. The van der Waals surface area contributed by atoms with E-state index in [4.69, 9.17) is 6.58 Å². The summed E-state index contributed by atoms with van der Waals surface area (Å²) in [6.07, 6.45) is 6.46. The number of benzene rings is 6. The maximum absolute atomic E-state index is 13.1. The highest BCUT2D eigenvalue weighted by molar-refractivity contribution is 9.10. The van der Waals surface area contributed by atoms with Gasteiger partial charge in [-0.05, 0) is 107 Å². The van der Waals surface area contributed by atoms with Crippen LogP contribution in [-0.4, -0.2) is 5.11 Å². The molecule has 0 spiro atoms. The van der Waals surface area contributed by atoms with Gasteiger partial charge in [0.15, 0.2) is 0 Å². The standard InChI is InChI=1S/C47H38Br2O/c1-5-31(2)14-17-33(4)46(35-19-15-32(3)16-20-35)43-12-8-7-11-41(43)42-29-18-34(30-45(42)46)40-10-6-9-13-44(40)47(50,36-21-25-38(48)26-22-36)37-23-27-39(49)28-24-37/h5-30,50H,4H2,1-3H3. The van der Waals surface area contributed by atoms with Gasteiger partial charge in [0, 0.05) is 14.5 Å². The first-order valence-corrected chi connectivity index (χ1v) is 18.4. The number of halogens is 2. The molecule has 7 rings (SSSR count). The van der Waals surface area contributed by atoms with Gasteiger partial charge in [-0.2, -0.15) is 0 Å². The van der Waals surface area contributed by atoms with E-state index in [1.807, 2.05) is 54.6 Å². The SMILES string of the molecule is C=C(C=CC(C)=CC)C1(c2ccc(C)cc2)c2ccccc2-c2ccc(-c3ccccc3C(O)(c3ccc(Br)cc3)c3ccc(Br)cc3)cc21. The average Bonchev–Trinajstić information content (AvgIpc) is 3.44. The van der Waals surface area contributed by atoms with Gasteiger partial charge in [-0.15, -0.1) is 0 Å². The molecule has 6 aromatic carbocycles. The van der Waals surface area contributed by atoms with Gasteiger partial charge in [0.05, 0.1) is 5.41 Å². The Labute approximate surface area is 312 Å². The second-order valence-corrected chi connectivity index (χ2v) is 14.9. The summed E-state index contributed by atoms with van der Waals surface area (Å²) < 4.78 is 1.91. The van der Waals surface area contributed by atoms with Crippen LogP contribution in [0.25, 0.3) is 22.3 Å². The molecule has 50 heavy (non-hydrogen) atoms. The van der Waals surface area contributed by atoms with Crippen LogP contribution in [0.4, 0.5) is 0 Å². The van der Waals surface area contributed by atoms with E-state index >= 15 is 0 Å². The van der Waals surface area contributed by atoms with Gasteiger partial charge in [-0.25, -0.2) is 0 Å². The molecule has 0 saturated carbocycles. The third-order valence-corrected chi connectivity index (χ3v) is 11.2. The zero-order valence-corrected chi connectivity index (χ0v) is 31.6. The molecule has 3 heteroatoms. The Hall–Kier alpha value is -4.54. The first-order chi connectivity index (χ1) is 24.2. The molecule has 1 aliphatic rings. The fourth-order valence-electron chi connectivity index (χ4n) is 7.46. The van der Waals surface area contributed by atoms with Crippen LogP contribution in [0, 0.1) is 6.92 Å². The molecule has 0 heterocycles. The van der Waals surface area contributed by atoms with Crippen molar-refractivity contribution in [3.8, 4) is 22.3 Å². The van der Waals surface area contributed by atoms with E-state index in [0.29, 0.717) is 0 Å². The maximum atomic E-state index is 13.1. The van der Waals surface area contributed by atoms with Crippen molar-refractivity contribution in [3.63, 3.8) is 0 Å². The molecule has 246 valence electrons. The van der Waals surface area contributed by atoms with Crippen LogP contribution in [0.3, 0.4) is 0 Å². The lowest BCUT2D eigenvalue weighted by Gasteiger charge is -2.35. The number of aliphatic hydroxyl groups is 1. The lowest BCUT2D eigenvalue weighted by atomic mass is 9.67. The molecule has 0 radical (unpaired) electrons. The molecule has 0 saturated heterocycles. The summed E-state index contributed by atoms with van der Waals surface area (Å²) >= 11 is 7.18. The summed E-state index contributed by atoms with van der Waals surface area (Å²) in [7, 11) is 0. The smallest absolute Gasteiger partial charge is 0.141 e. The van der Waals surface area contributed by atoms with Crippen molar-refractivity contribution < 1.29 is 5.11 Å². The molecule has 1 atom stereocenters. The molecular formula is C47H38Br2O. The van der Waals surface area contributed by atoms with Crippen molar-refractivity contribution in [2.24, 2.45) is 0 Å². The minimum Gasteiger partial charge on any atom is -0.376 e. The third kappa shape index (κ3) is 5.68. The molecule has 0 aromatic heterocycles. The predicted octanol–water partition coefficient (Wildman–Crippen LogP) is 12.9. The Morgan fingerprint density at radius 3 is 1.84 bits per heavy atom. The molecule has 0 amide bonds. The van der Waals surface area contributed by atoms with Crippen molar-refractivity contribution in [2.75, 3.05) is 0 Å². The summed E-state index contributed by atoms with van der Waals surface area (Å²) in [6.45, 7) is 11.1. The monoisotopic (exact) mass is 776 g/mol. The van der Waals surface area contributed by atoms with Crippen molar-refractivity contribution in [2.45, 2.75) is 31.8 Å². The Morgan fingerprint density at radius 2 is 1.22 bits per heavy atom. The van der Waals surface area contributed by atoms with Crippen LogP contribution >= 0.6 is 31.9 Å². The number of fused-ring (bicyclic) bond motifs is 3. The molecule has 1 unspecified atom stereocenters. The molecule has 1 N–H and O–H groups in total. The number of hydrogen-bond acceptors (Lipinski definition) is 1. The highest BCUT2D eigenvalue weighted by Crippen LogP contribution is 2.57. The fourth-order valence-corrected chi connectivity index (χ4v) is 7.99. The third-order valence-electron chi connectivity index (χ3n) is 10.2. The van der Waals surface area contributed by atoms with Gasteiger partial charge in [-0.1, -0.05) is 177 Å². The molecule has 0 bridgehead atoms. The van der Waals surface area contributed by atoms with Crippen LogP contribution in [-0.2, 0) is 11.0 Å². The first-order valence-electron chi connectivity index (χ1n) is 16.8. The van der Waals surface area contributed by atoms with Gasteiger partial charge in [0.1, 0.15) is 5.60 Å². The zero-order valence-electron chi connectivity index (χ0n) is 28.4. The highest BCUT2D eigenvalue weighted by Gasteiger charge is 2.46. The van der Waals surface area contributed by atoms with Crippen LogP contribution in [0.15, 0.2) is 184 Å². The van der Waals surface area contributed by atoms with Crippen LogP contribution in [0.2, 0.25) is 0 Å². The lowest BCUT2D eigenvalue weighted by Crippen LogP contribution is -2.30. The number of allylic oxidation sites excluding steroid dienone is 5. The van der Waals surface area contributed by atoms with Crippen molar-refractivity contribution in [1.82, 2.24) is 0 Å². The minimum absolute atomic E-state index is 0.622. The molecule has 6 aromatic rings. The van der Waals surface area contributed by atoms with E-state index in [-0.39, 0.29) is 0 Å². The summed E-state index contributed by atoms with van der Waals surface area (Å²) in [5, 5.41) is 13.1. The summed E-state index contributed by atoms with van der Waals surface area (Å²) in [6, 6.07) is 48.6. The quantitative estimate of drug-likeness (QED) is 0.121. The van der Waals surface area contributed by atoms with E-state index < -0.39 is 11.0 Å². The molecule has 1 nitrogen and oxygen atoms in total. The first kappa shape index (κ1) is 33.9. The van der Waals surface area contributed by atoms with Crippen molar-refractivity contribution in [3.05, 3.63) is 223 Å². The molecular weight excluding hydrogens is 740 g/mol. The van der Waals surface area contributed by atoms with Gasteiger partial charge >= 0.3 is 0 Å². The Morgan fingerprint density at radius 1 is 0.660 bits per heavy atom. The van der Waals surface area contributed by atoms with Crippen LogP contribution in [0.5, 0.6) is 0 Å². The number of rotatable bonds is 8. The van der Waals surface area contributed by atoms with Gasteiger partial charge in [0.25, 0.3) is 0 Å². The number of hydrogen-bond donors (Lipinski definition) is 1. The average molecular weight is 779 g/mol. The van der Waals surface area contributed by atoms with Crippen molar-refractivity contribution >= 4 is 31.9 Å². The Kier molecular flexibility index (Phi) is 9.26. The van der Waals surface area contributed by atoms with Gasteiger partial charge in [-0.3, -0.25) is 0 Å². The lowest BCUT2D eigenvalue weighted by molar-refractivity contribution is 0.126. The maximum Gasteiger partial charge on any atom is 0.141 e. The molecule has 0 fully saturated rings. The van der Waals surface area contributed by atoms with E-state index in [2.05, 4.69) is 156 Å². The minimum atomic E-state index is -1.43. The summed E-state index contributed by atoms with van der Waals surface area (Å²) in [5.74, 6) is 0. The Balaban J connectivity index is 1.51. The van der Waals surface area contributed by atoms with Crippen molar-refractivity contribution in [1.29, 1.82) is 0 Å². The molecule has 0 aliphatic heterocycles. The van der Waals surface area contributed by atoms with E-state index in [1.165, 1.54) is 39.0 Å². The normalized spacial score (nSPS) is 15.6. The topological polar surface area (TPSA) is 20.2 Å². The number of aryl methyl sites for hydroxylation is 1. The van der Waals surface area contributed by atoms with E-state index in [9.17, 15) is 5.11 Å². The Bertz CT molecular complexity index is 2230. The largest absolute Gasteiger partial charge is 0.376 e.